The van der Waals surface area contributed by atoms with Gasteiger partial charge in [0.25, 0.3) is 0 Å². The average molecular weight is 1110 g/mol. The van der Waals surface area contributed by atoms with Gasteiger partial charge in [-0.15, -0.1) is 0 Å². The van der Waals surface area contributed by atoms with Gasteiger partial charge in [0.2, 0.25) is 0 Å². The standard InChI is InChI=1S/C27H54O2S.2C15H30O2S.Sn/c1-4-7-10-12-13-14-15-16-18-19-21-25(24-30)27(28)29-26(22-9-6-3)23-20-17-11-8-5-2;2*1-2-3-4-5-6-7-8-9-10-11-13-17-15(16)12-14-18;/h25-26,30H,4-24H2,1-3H3;2*18H,2-14H2,1H3;/q;;;+3/p-3. The first-order valence-electron chi connectivity index (χ1n) is 29.2. The summed E-state index contributed by atoms with van der Waals surface area (Å²) in [6.07, 6.45) is 50.2. The molecule has 67 heavy (non-hydrogen) atoms. The molecule has 0 spiro atoms. The predicted octanol–water partition coefficient (Wildman–Crippen LogP) is 19.3. The average Bonchev–Trinajstić information content (AvgIpc) is 3.32. The van der Waals surface area contributed by atoms with Gasteiger partial charge in [0, 0.05) is 0 Å². The van der Waals surface area contributed by atoms with Crippen LogP contribution in [-0.2, 0) is 28.6 Å². The van der Waals surface area contributed by atoms with Crippen molar-refractivity contribution in [3.05, 3.63) is 0 Å². The second-order valence-corrected chi connectivity index (χ2v) is 43.9. The van der Waals surface area contributed by atoms with Crippen LogP contribution in [-0.4, -0.2) is 70.1 Å². The Hall–Kier alpha value is 0.259. The Kier molecular flexibility index (Phi) is 55.8. The molecule has 2 unspecified atom stereocenters. The van der Waals surface area contributed by atoms with E-state index < -0.39 is 15.6 Å². The van der Waals surface area contributed by atoms with E-state index in [4.69, 9.17) is 14.2 Å². The Labute approximate surface area is 432 Å². The van der Waals surface area contributed by atoms with Gasteiger partial charge in [-0.25, -0.2) is 0 Å². The quantitative estimate of drug-likeness (QED) is 0.0256. The summed E-state index contributed by atoms with van der Waals surface area (Å²) in [6.45, 7) is 12.3. The van der Waals surface area contributed by atoms with Gasteiger partial charge in [-0.3, -0.25) is 0 Å². The number of carbonyl (C=O) groups is 3. The van der Waals surface area contributed by atoms with Crippen LogP contribution in [0, 0.1) is 5.92 Å². The van der Waals surface area contributed by atoms with Gasteiger partial charge in [-0.1, -0.05) is 91.9 Å². The van der Waals surface area contributed by atoms with Crippen molar-refractivity contribution < 1.29 is 28.6 Å². The molecule has 0 saturated carbocycles. The van der Waals surface area contributed by atoms with E-state index in [-0.39, 0.29) is 29.9 Å². The summed E-state index contributed by atoms with van der Waals surface area (Å²) in [7, 11) is 5.91. The molecule has 0 N–H and O–H groups in total. The molecule has 0 bridgehead atoms. The Morgan fingerprint density at radius 2 is 0.687 bits per heavy atom. The van der Waals surface area contributed by atoms with Crippen molar-refractivity contribution >= 4 is 60.4 Å². The van der Waals surface area contributed by atoms with Gasteiger partial charge in [-0.05, 0) is 0 Å². The number of ether oxygens (including phenoxy) is 3. The molecule has 397 valence electrons. The first kappa shape index (κ1) is 67.3. The van der Waals surface area contributed by atoms with Crippen LogP contribution in [0.3, 0.4) is 0 Å². The van der Waals surface area contributed by atoms with Crippen molar-refractivity contribution in [2.75, 3.05) is 30.5 Å². The van der Waals surface area contributed by atoms with Crippen LogP contribution in [0.2, 0.25) is 0 Å². The summed E-state index contributed by atoms with van der Waals surface area (Å²) < 4.78 is 17.8. The fourth-order valence-corrected chi connectivity index (χ4v) is 34.4. The summed E-state index contributed by atoms with van der Waals surface area (Å²) in [5, 5.41) is 0. The van der Waals surface area contributed by atoms with Gasteiger partial charge in [0.15, 0.2) is 0 Å². The number of hydrogen-bond acceptors (Lipinski definition) is 9. The molecule has 0 aliphatic rings. The third-order valence-electron chi connectivity index (χ3n) is 13.0. The number of rotatable bonds is 55. The molecule has 0 heterocycles. The summed E-state index contributed by atoms with van der Waals surface area (Å²) in [5.41, 5.74) is 0. The molecule has 0 amide bonds. The maximum absolute atomic E-state index is 14.1. The SMILES string of the molecule is CCCCCCCCCCCCOC(=O)CC[S][Sn]([S]CCC(=O)OCCCCCCCCCCCC)[S]CC(CCCCCCCCCCCC)C(=O)OC(CCCC)CCCCCCC. The fraction of sp³-hybridized carbons (Fsp3) is 0.947. The third-order valence-corrected chi connectivity index (χ3v) is 40.3. The Balaban J connectivity index is 5.34. The van der Waals surface area contributed by atoms with E-state index in [1.807, 2.05) is 26.8 Å². The van der Waals surface area contributed by atoms with Crippen molar-refractivity contribution in [3.8, 4) is 0 Å². The summed E-state index contributed by atoms with van der Waals surface area (Å²) >= 11 is -2.30. The number of hydrogen-bond donors (Lipinski definition) is 0. The van der Waals surface area contributed by atoms with Crippen molar-refractivity contribution in [1.29, 1.82) is 0 Å². The van der Waals surface area contributed by atoms with E-state index in [9.17, 15) is 14.4 Å². The van der Waals surface area contributed by atoms with Crippen molar-refractivity contribution in [3.63, 3.8) is 0 Å². The molecule has 10 heteroatoms. The second-order valence-electron chi connectivity index (χ2n) is 19.6. The van der Waals surface area contributed by atoms with Crippen LogP contribution < -0.4 is 0 Å². The molecule has 0 aromatic rings. The van der Waals surface area contributed by atoms with Crippen molar-refractivity contribution in [1.82, 2.24) is 0 Å². The van der Waals surface area contributed by atoms with Crippen LogP contribution in [0.15, 0.2) is 0 Å². The molecule has 0 saturated heterocycles. The Morgan fingerprint density at radius 3 is 1.06 bits per heavy atom. The van der Waals surface area contributed by atoms with E-state index in [0.29, 0.717) is 26.1 Å². The molecule has 0 fully saturated rings. The minimum atomic E-state index is -2.30. The van der Waals surface area contributed by atoms with Gasteiger partial charge < -0.3 is 0 Å². The van der Waals surface area contributed by atoms with Gasteiger partial charge >= 0.3 is 344 Å². The van der Waals surface area contributed by atoms with Crippen LogP contribution in [0.5, 0.6) is 0 Å². The molecule has 0 aromatic carbocycles. The molecule has 2 atom stereocenters. The molecule has 0 rings (SSSR count). The maximum atomic E-state index is 14.1. The zero-order chi connectivity index (χ0) is 48.9. The molecular formula is C57H111O6S3Sn. The summed E-state index contributed by atoms with van der Waals surface area (Å²) in [4.78, 5) is 39.7. The first-order valence-corrected chi connectivity index (χ1v) is 42.6. The summed E-state index contributed by atoms with van der Waals surface area (Å²) in [5.74, 6) is 2.02. The zero-order valence-electron chi connectivity index (χ0n) is 45.1. The third kappa shape index (κ3) is 49.6. The topological polar surface area (TPSA) is 78.9 Å². The van der Waals surface area contributed by atoms with Gasteiger partial charge in [0.1, 0.15) is 0 Å². The molecule has 0 aromatic heterocycles. The van der Waals surface area contributed by atoms with Crippen molar-refractivity contribution in [2.45, 2.75) is 310 Å². The summed E-state index contributed by atoms with van der Waals surface area (Å²) in [6, 6.07) is 0. The van der Waals surface area contributed by atoms with E-state index in [1.54, 1.807) is 0 Å². The normalized spacial score (nSPS) is 12.4. The molecule has 1 radical (unpaired) electrons. The second kappa shape index (κ2) is 55.6. The molecular weight excluding hydrogens is 996 g/mol. The van der Waals surface area contributed by atoms with Crippen LogP contribution in [0.4, 0.5) is 0 Å². The predicted molar refractivity (Wildman–Crippen MR) is 301 cm³/mol. The molecule has 0 aliphatic heterocycles. The van der Waals surface area contributed by atoms with E-state index in [2.05, 4.69) is 34.6 Å². The van der Waals surface area contributed by atoms with Crippen LogP contribution in [0.25, 0.3) is 0 Å². The van der Waals surface area contributed by atoms with E-state index >= 15 is 0 Å². The van der Waals surface area contributed by atoms with Gasteiger partial charge in [0.05, 0.1) is 0 Å². The number of unbranched alkanes of at least 4 members (excludes halogenated alkanes) is 32. The van der Waals surface area contributed by atoms with E-state index in [0.717, 1.165) is 87.9 Å². The van der Waals surface area contributed by atoms with Crippen LogP contribution >= 0.6 is 26.8 Å². The zero-order valence-corrected chi connectivity index (χ0v) is 50.4. The number of esters is 3. The van der Waals surface area contributed by atoms with Crippen molar-refractivity contribution in [2.24, 2.45) is 5.92 Å². The monoisotopic (exact) mass is 1110 g/mol. The minimum Gasteiger partial charge on any atom is -0.0654 e. The van der Waals surface area contributed by atoms with Crippen LogP contribution in [0.1, 0.15) is 304 Å². The Bertz CT molecular complexity index is 1010. The first-order chi connectivity index (χ1) is 32.9. The smallest absolute Gasteiger partial charge is 0.0654 e. The number of carbonyl (C=O) groups excluding carboxylic acids is 3. The fourth-order valence-electron chi connectivity index (χ4n) is 8.50. The molecule has 0 aliphatic carbocycles. The van der Waals surface area contributed by atoms with E-state index in [1.165, 1.54) is 186 Å². The van der Waals surface area contributed by atoms with Gasteiger partial charge in [-0.2, -0.15) is 0 Å². The minimum absolute atomic E-state index is 0.0157. The Morgan fingerprint density at radius 1 is 0.373 bits per heavy atom. The molecule has 6 nitrogen and oxygen atoms in total.